The predicted octanol–water partition coefficient (Wildman–Crippen LogP) is 5.18. The first-order valence-electron chi connectivity index (χ1n) is 5.24. The zero-order valence-corrected chi connectivity index (χ0v) is 12.7. The third-order valence-corrected chi connectivity index (χ3v) is 3.68. The Morgan fingerprint density at radius 2 is 1.83 bits per heavy atom. The second-order valence-electron chi connectivity index (χ2n) is 3.76. The number of aryl methyl sites for hydroxylation is 1. The van der Waals surface area contributed by atoms with Crippen LogP contribution >= 0.6 is 31.9 Å². The molecule has 2 nitrogen and oxygen atoms in total. The third-order valence-electron chi connectivity index (χ3n) is 2.39. The summed E-state index contributed by atoms with van der Waals surface area (Å²) in [5.74, 6) is 1.23. The Balaban J connectivity index is 2.41. The molecular weight excluding hydrogens is 358 g/mol. The normalized spacial score (nSPS) is 9.89. The molecule has 0 amide bonds. The second kappa shape index (κ2) is 5.55. The van der Waals surface area contributed by atoms with Crippen molar-refractivity contribution in [2.24, 2.45) is 0 Å². The molecule has 90 valence electrons. The second-order valence-corrected chi connectivity index (χ2v) is 5.47. The van der Waals surface area contributed by atoms with Crippen LogP contribution in [-0.4, -0.2) is 0 Å². The Labute approximate surface area is 122 Å². The largest absolute Gasteiger partial charge is 0.455 e. The van der Waals surface area contributed by atoms with Gasteiger partial charge in [0.15, 0.2) is 0 Å². The SMILES string of the molecule is Cc1ccc(Oc2cccc(Br)c2C#N)c(Br)c1. The number of ether oxygens (including phenoxy) is 1. The van der Waals surface area contributed by atoms with Crippen LogP contribution in [0.1, 0.15) is 11.1 Å². The number of hydrogen-bond acceptors (Lipinski definition) is 2. The van der Waals surface area contributed by atoms with Crippen LogP contribution in [0.3, 0.4) is 0 Å². The quantitative estimate of drug-likeness (QED) is 0.733. The molecule has 2 rings (SSSR count). The van der Waals surface area contributed by atoms with Gasteiger partial charge in [0, 0.05) is 4.47 Å². The summed E-state index contributed by atoms with van der Waals surface area (Å²) in [5, 5.41) is 9.12. The lowest BCUT2D eigenvalue weighted by Gasteiger charge is -2.10. The van der Waals surface area contributed by atoms with Crippen LogP contribution in [0, 0.1) is 18.3 Å². The standard InChI is InChI=1S/C14H9Br2NO/c1-9-5-6-14(12(16)7-9)18-13-4-2-3-11(15)10(13)8-17/h2-7H,1H3. The minimum atomic E-state index is 0.491. The molecule has 0 aliphatic rings. The summed E-state index contributed by atoms with van der Waals surface area (Å²) in [6.07, 6.45) is 0. The summed E-state index contributed by atoms with van der Waals surface area (Å²) in [6, 6.07) is 13.4. The van der Waals surface area contributed by atoms with E-state index in [0.717, 1.165) is 14.5 Å². The molecular formula is C14H9Br2NO. The van der Waals surface area contributed by atoms with E-state index in [2.05, 4.69) is 37.9 Å². The number of nitriles is 1. The smallest absolute Gasteiger partial charge is 0.146 e. The maximum atomic E-state index is 9.12. The van der Waals surface area contributed by atoms with E-state index in [4.69, 9.17) is 10.00 Å². The Hall–Kier alpha value is -1.31. The molecule has 0 radical (unpaired) electrons. The van der Waals surface area contributed by atoms with E-state index in [-0.39, 0.29) is 0 Å². The van der Waals surface area contributed by atoms with E-state index < -0.39 is 0 Å². The van der Waals surface area contributed by atoms with Crippen LogP contribution < -0.4 is 4.74 Å². The van der Waals surface area contributed by atoms with Gasteiger partial charge in [-0.1, -0.05) is 12.1 Å². The molecule has 0 spiro atoms. The summed E-state index contributed by atoms with van der Waals surface area (Å²) < 4.78 is 7.36. The van der Waals surface area contributed by atoms with Gasteiger partial charge in [-0.3, -0.25) is 0 Å². The van der Waals surface area contributed by atoms with Crippen LogP contribution in [-0.2, 0) is 0 Å². The Kier molecular flexibility index (Phi) is 4.05. The highest BCUT2D eigenvalue weighted by Gasteiger charge is 2.09. The molecule has 0 saturated heterocycles. The highest BCUT2D eigenvalue weighted by atomic mass is 79.9. The lowest BCUT2D eigenvalue weighted by Crippen LogP contribution is -1.90. The fraction of sp³-hybridized carbons (Fsp3) is 0.0714. The van der Waals surface area contributed by atoms with E-state index in [1.54, 1.807) is 6.07 Å². The van der Waals surface area contributed by atoms with Crippen molar-refractivity contribution < 1.29 is 4.74 Å². The predicted molar refractivity (Wildman–Crippen MR) is 77.8 cm³/mol. The van der Waals surface area contributed by atoms with Gasteiger partial charge in [-0.05, 0) is 68.6 Å². The summed E-state index contributed by atoms with van der Waals surface area (Å²) in [6.45, 7) is 2.01. The van der Waals surface area contributed by atoms with Crippen molar-refractivity contribution in [3.05, 3.63) is 56.5 Å². The van der Waals surface area contributed by atoms with Crippen molar-refractivity contribution in [1.82, 2.24) is 0 Å². The summed E-state index contributed by atoms with van der Waals surface area (Å²) >= 11 is 6.79. The van der Waals surface area contributed by atoms with Gasteiger partial charge in [-0.2, -0.15) is 5.26 Å². The Morgan fingerprint density at radius 1 is 1.06 bits per heavy atom. The minimum absolute atomic E-state index is 0.491. The lowest BCUT2D eigenvalue weighted by molar-refractivity contribution is 0.477. The molecule has 0 unspecified atom stereocenters. The fourth-order valence-corrected chi connectivity index (χ4v) is 2.52. The third kappa shape index (κ3) is 2.74. The average Bonchev–Trinajstić information content (AvgIpc) is 2.33. The van der Waals surface area contributed by atoms with Gasteiger partial charge in [-0.25, -0.2) is 0 Å². The fourth-order valence-electron chi connectivity index (χ4n) is 1.51. The Bertz CT molecular complexity index is 632. The van der Waals surface area contributed by atoms with Gasteiger partial charge in [0.25, 0.3) is 0 Å². The van der Waals surface area contributed by atoms with Crippen LogP contribution in [0.5, 0.6) is 11.5 Å². The van der Waals surface area contributed by atoms with Gasteiger partial charge in [0.1, 0.15) is 23.1 Å². The lowest BCUT2D eigenvalue weighted by atomic mass is 10.2. The zero-order valence-electron chi connectivity index (χ0n) is 9.58. The number of nitrogens with zero attached hydrogens (tertiary/aromatic N) is 1. The van der Waals surface area contributed by atoms with Crippen molar-refractivity contribution in [3.63, 3.8) is 0 Å². The molecule has 0 aromatic heterocycles. The number of halogens is 2. The van der Waals surface area contributed by atoms with Crippen molar-refractivity contribution in [3.8, 4) is 17.6 Å². The van der Waals surface area contributed by atoms with E-state index in [1.165, 1.54) is 0 Å². The molecule has 4 heteroatoms. The van der Waals surface area contributed by atoms with Crippen molar-refractivity contribution in [1.29, 1.82) is 5.26 Å². The molecule has 0 atom stereocenters. The molecule has 18 heavy (non-hydrogen) atoms. The number of hydrogen-bond donors (Lipinski definition) is 0. The van der Waals surface area contributed by atoms with Crippen LogP contribution in [0.4, 0.5) is 0 Å². The van der Waals surface area contributed by atoms with Gasteiger partial charge in [0.2, 0.25) is 0 Å². The zero-order chi connectivity index (χ0) is 13.1. The summed E-state index contributed by atoms with van der Waals surface area (Å²) in [5.41, 5.74) is 1.63. The summed E-state index contributed by atoms with van der Waals surface area (Å²) in [7, 11) is 0. The monoisotopic (exact) mass is 365 g/mol. The van der Waals surface area contributed by atoms with Gasteiger partial charge < -0.3 is 4.74 Å². The van der Waals surface area contributed by atoms with Crippen LogP contribution in [0.15, 0.2) is 45.3 Å². The summed E-state index contributed by atoms with van der Waals surface area (Å²) in [4.78, 5) is 0. The van der Waals surface area contributed by atoms with Gasteiger partial charge >= 0.3 is 0 Å². The van der Waals surface area contributed by atoms with E-state index in [1.807, 2.05) is 37.3 Å². The first kappa shape index (κ1) is 13.1. The van der Waals surface area contributed by atoms with Crippen molar-refractivity contribution in [2.75, 3.05) is 0 Å². The molecule has 0 N–H and O–H groups in total. The molecule has 0 fully saturated rings. The first-order chi connectivity index (χ1) is 8.61. The highest BCUT2D eigenvalue weighted by Crippen LogP contribution is 2.34. The van der Waals surface area contributed by atoms with Gasteiger partial charge in [-0.15, -0.1) is 0 Å². The van der Waals surface area contributed by atoms with E-state index in [0.29, 0.717) is 17.1 Å². The van der Waals surface area contributed by atoms with E-state index in [9.17, 15) is 0 Å². The first-order valence-corrected chi connectivity index (χ1v) is 6.83. The van der Waals surface area contributed by atoms with Crippen LogP contribution in [0.25, 0.3) is 0 Å². The molecule has 0 heterocycles. The average molecular weight is 367 g/mol. The molecule has 0 saturated carbocycles. The molecule has 0 aliphatic heterocycles. The molecule has 0 aliphatic carbocycles. The molecule has 2 aromatic carbocycles. The minimum Gasteiger partial charge on any atom is -0.455 e. The van der Waals surface area contributed by atoms with Gasteiger partial charge in [0.05, 0.1) is 4.47 Å². The molecule has 2 aromatic rings. The van der Waals surface area contributed by atoms with Crippen LogP contribution in [0.2, 0.25) is 0 Å². The number of benzene rings is 2. The van der Waals surface area contributed by atoms with Crippen molar-refractivity contribution >= 4 is 31.9 Å². The van der Waals surface area contributed by atoms with E-state index >= 15 is 0 Å². The highest BCUT2D eigenvalue weighted by molar-refractivity contribution is 9.10. The topological polar surface area (TPSA) is 33.0 Å². The molecule has 0 bridgehead atoms. The maximum absolute atomic E-state index is 9.12. The maximum Gasteiger partial charge on any atom is 0.146 e. The number of rotatable bonds is 2. The Morgan fingerprint density at radius 3 is 2.50 bits per heavy atom. The van der Waals surface area contributed by atoms with Crippen molar-refractivity contribution in [2.45, 2.75) is 6.92 Å².